The maximum Gasteiger partial charge on any atom is 0.253 e. The van der Waals surface area contributed by atoms with Gasteiger partial charge in [-0.15, -0.1) is 0 Å². The van der Waals surface area contributed by atoms with Gasteiger partial charge in [-0.3, -0.25) is 9.59 Å². The molecule has 2 unspecified atom stereocenters. The summed E-state index contributed by atoms with van der Waals surface area (Å²) in [4.78, 5) is 24.7. The van der Waals surface area contributed by atoms with E-state index in [9.17, 15) is 9.59 Å². The highest BCUT2D eigenvalue weighted by Crippen LogP contribution is 2.24. The van der Waals surface area contributed by atoms with Crippen molar-refractivity contribution in [3.8, 4) is 0 Å². The molecule has 1 heterocycles. The number of carbonyl (C=O) groups is 2. The van der Waals surface area contributed by atoms with Crippen LogP contribution in [0.1, 0.15) is 40.5 Å². The van der Waals surface area contributed by atoms with E-state index < -0.39 is 0 Å². The summed E-state index contributed by atoms with van der Waals surface area (Å²) in [5.41, 5.74) is 6.98. The molecule has 0 spiro atoms. The lowest BCUT2D eigenvalue weighted by molar-refractivity contribution is -0.0855. The summed E-state index contributed by atoms with van der Waals surface area (Å²) in [5.74, 6) is 0.241. The molecule has 2 amide bonds. The van der Waals surface area contributed by atoms with Gasteiger partial charge in [0.05, 0.1) is 18.7 Å². The van der Waals surface area contributed by atoms with Crippen molar-refractivity contribution in [2.75, 3.05) is 38.6 Å². The highest BCUT2D eigenvalue weighted by Gasteiger charge is 2.28. The third-order valence-corrected chi connectivity index (χ3v) is 4.85. The number of amides is 2. The van der Waals surface area contributed by atoms with Crippen LogP contribution in [0.4, 0.5) is 5.69 Å². The second kappa shape index (κ2) is 10.8. The predicted molar refractivity (Wildman–Crippen MR) is 113 cm³/mol. The molecule has 1 saturated heterocycles. The topological polar surface area (TPSA) is 112 Å². The number of allylic oxidation sites excluding steroid dienone is 2. The van der Waals surface area contributed by atoms with Crippen molar-refractivity contribution in [1.29, 1.82) is 0 Å². The fourth-order valence-electron chi connectivity index (χ4n) is 3.24. The van der Waals surface area contributed by atoms with E-state index >= 15 is 0 Å². The lowest BCUT2D eigenvalue weighted by Crippen LogP contribution is -2.42. The molecule has 4 N–H and O–H groups in total. The number of carbonyl (C=O) groups excluding carboxylic acids is 2. The zero-order chi connectivity index (χ0) is 21.3. The van der Waals surface area contributed by atoms with E-state index in [-0.39, 0.29) is 29.7 Å². The fourth-order valence-corrected chi connectivity index (χ4v) is 3.24. The van der Waals surface area contributed by atoms with Gasteiger partial charge in [0.2, 0.25) is 0 Å². The van der Waals surface area contributed by atoms with Crippen LogP contribution in [-0.4, -0.2) is 56.9 Å². The molecule has 0 aromatic heterocycles. The Balaban J connectivity index is 1.48. The largest absolute Gasteiger partial charge is 0.488 e. The number of nitrogens with one attached hydrogen (secondary N) is 2. The molecule has 0 saturated carbocycles. The minimum atomic E-state index is -0.284. The van der Waals surface area contributed by atoms with Gasteiger partial charge in [-0.1, -0.05) is 12.2 Å². The molecule has 3 rings (SSSR count). The van der Waals surface area contributed by atoms with Crippen LogP contribution in [0.5, 0.6) is 0 Å². The van der Waals surface area contributed by atoms with Crippen LogP contribution in [-0.2, 0) is 14.2 Å². The average Bonchev–Trinajstić information content (AvgIpc) is 2.77. The quantitative estimate of drug-likeness (QED) is 0.419. The second-order valence-corrected chi connectivity index (χ2v) is 7.11. The number of ether oxygens (including phenoxy) is 3. The predicted octanol–water partition coefficient (Wildman–Crippen LogP) is 1.78. The molecule has 2 aliphatic rings. The van der Waals surface area contributed by atoms with Crippen LogP contribution in [0.3, 0.4) is 0 Å². The minimum Gasteiger partial charge on any atom is -0.488 e. The third-order valence-electron chi connectivity index (χ3n) is 4.85. The van der Waals surface area contributed by atoms with Gasteiger partial charge in [-0.05, 0) is 44.0 Å². The fraction of sp³-hybridized carbons (Fsp3) is 0.455. The first-order chi connectivity index (χ1) is 14.6. The molecule has 0 bridgehead atoms. The molecule has 1 aliphatic heterocycles. The van der Waals surface area contributed by atoms with Crippen LogP contribution in [0.25, 0.3) is 0 Å². The van der Waals surface area contributed by atoms with Crippen molar-refractivity contribution >= 4 is 17.5 Å². The van der Waals surface area contributed by atoms with Gasteiger partial charge in [0.15, 0.2) is 0 Å². The number of anilines is 1. The smallest absolute Gasteiger partial charge is 0.253 e. The Bertz CT molecular complexity index is 821. The SMILES string of the molecule is CCOCCCNC(=O)c1ccc(C(=O)NCC2COC3CC=CC=C3O2)cc1N. The van der Waals surface area contributed by atoms with E-state index in [1.54, 1.807) is 12.1 Å². The molecule has 1 aromatic carbocycles. The van der Waals surface area contributed by atoms with Crippen molar-refractivity contribution in [3.63, 3.8) is 0 Å². The van der Waals surface area contributed by atoms with Crippen LogP contribution < -0.4 is 16.4 Å². The average molecular weight is 415 g/mol. The van der Waals surface area contributed by atoms with E-state index in [0.717, 1.165) is 18.6 Å². The summed E-state index contributed by atoms with van der Waals surface area (Å²) in [7, 11) is 0. The number of hydrogen-bond acceptors (Lipinski definition) is 6. The van der Waals surface area contributed by atoms with Gasteiger partial charge >= 0.3 is 0 Å². The summed E-state index contributed by atoms with van der Waals surface area (Å²) in [6.07, 6.45) is 7.12. The van der Waals surface area contributed by atoms with Gasteiger partial charge in [0.25, 0.3) is 11.8 Å². The lowest BCUT2D eigenvalue weighted by Gasteiger charge is -2.33. The standard InChI is InChI=1S/C22H29N3O5/c1-2-28-11-5-10-24-22(27)17-9-8-15(12-18(17)23)21(26)25-13-16-14-29-19-6-3-4-7-20(19)30-16/h3-4,7-9,12,16,19H,2,5-6,10-11,13-14,23H2,1H3,(H,24,27)(H,25,26). The van der Waals surface area contributed by atoms with Crippen molar-refractivity contribution in [2.24, 2.45) is 0 Å². The Labute approximate surface area is 176 Å². The Morgan fingerprint density at radius 2 is 2.13 bits per heavy atom. The Morgan fingerprint density at radius 3 is 2.93 bits per heavy atom. The van der Waals surface area contributed by atoms with Crippen molar-refractivity contribution in [3.05, 3.63) is 53.3 Å². The van der Waals surface area contributed by atoms with Gasteiger partial charge in [0.1, 0.15) is 18.0 Å². The number of nitrogen functional groups attached to an aromatic ring is 1. The van der Waals surface area contributed by atoms with Gasteiger partial charge in [-0.2, -0.15) is 0 Å². The number of rotatable bonds is 9. The van der Waals surface area contributed by atoms with Crippen LogP contribution >= 0.6 is 0 Å². The highest BCUT2D eigenvalue weighted by molar-refractivity contribution is 6.02. The molecule has 30 heavy (non-hydrogen) atoms. The van der Waals surface area contributed by atoms with Crippen molar-refractivity contribution in [1.82, 2.24) is 10.6 Å². The monoisotopic (exact) mass is 415 g/mol. The molecule has 162 valence electrons. The van der Waals surface area contributed by atoms with Crippen LogP contribution in [0.15, 0.2) is 42.2 Å². The van der Waals surface area contributed by atoms with Crippen molar-refractivity contribution in [2.45, 2.75) is 32.0 Å². The number of hydrogen-bond donors (Lipinski definition) is 3. The first-order valence-corrected chi connectivity index (χ1v) is 10.3. The van der Waals surface area contributed by atoms with E-state index in [1.807, 2.05) is 25.2 Å². The molecule has 8 heteroatoms. The van der Waals surface area contributed by atoms with Gasteiger partial charge < -0.3 is 30.6 Å². The Hall–Kier alpha value is -2.84. The van der Waals surface area contributed by atoms with E-state index in [1.165, 1.54) is 6.07 Å². The van der Waals surface area contributed by atoms with E-state index in [2.05, 4.69) is 10.6 Å². The van der Waals surface area contributed by atoms with Gasteiger partial charge in [-0.25, -0.2) is 0 Å². The maximum atomic E-state index is 12.5. The number of fused-ring (bicyclic) bond motifs is 1. The third kappa shape index (κ3) is 5.84. The summed E-state index contributed by atoms with van der Waals surface area (Å²) < 4.78 is 16.9. The molecular weight excluding hydrogens is 386 g/mol. The van der Waals surface area contributed by atoms with Crippen LogP contribution in [0, 0.1) is 0 Å². The summed E-state index contributed by atoms with van der Waals surface area (Å²) in [6, 6.07) is 4.66. The maximum absolute atomic E-state index is 12.5. The van der Waals surface area contributed by atoms with E-state index in [4.69, 9.17) is 19.9 Å². The van der Waals surface area contributed by atoms with E-state index in [0.29, 0.717) is 44.0 Å². The molecule has 1 fully saturated rings. The lowest BCUT2D eigenvalue weighted by atomic mass is 10.1. The zero-order valence-electron chi connectivity index (χ0n) is 17.2. The Kier molecular flexibility index (Phi) is 7.87. The van der Waals surface area contributed by atoms with Crippen LogP contribution in [0.2, 0.25) is 0 Å². The van der Waals surface area contributed by atoms with Crippen molar-refractivity contribution < 1.29 is 23.8 Å². The Morgan fingerprint density at radius 1 is 1.27 bits per heavy atom. The molecule has 0 radical (unpaired) electrons. The van der Waals surface area contributed by atoms with Gasteiger partial charge in [0, 0.05) is 31.0 Å². The normalized spacial score (nSPS) is 20.0. The molecule has 8 nitrogen and oxygen atoms in total. The molecule has 2 atom stereocenters. The first kappa shape index (κ1) is 21.9. The summed E-state index contributed by atoms with van der Waals surface area (Å²) in [6.45, 7) is 4.40. The minimum absolute atomic E-state index is 0.0281. The number of nitrogens with two attached hydrogens (primary N) is 1. The molecular formula is C22H29N3O5. The first-order valence-electron chi connectivity index (χ1n) is 10.3. The second-order valence-electron chi connectivity index (χ2n) is 7.11. The zero-order valence-corrected chi connectivity index (χ0v) is 17.2. The summed E-state index contributed by atoms with van der Waals surface area (Å²) >= 11 is 0. The summed E-state index contributed by atoms with van der Waals surface area (Å²) in [5, 5.41) is 5.63. The molecule has 1 aromatic rings. The number of benzene rings is 1. The molecule has 1 aliphatic carbocycles. The highest BCUT2D eigenvalue weighted by atomic mass is 16.6.